The van der Waals surface area contributed by atoms with E-state index in [1.54, 1.807) is 0 Å². The highest BCUT2D eigenvalue weighted by Gasteiger charge is 2.15. The van der Waals surface area contributed by atoms with Crippen LogP contribution < -0.4 is 5.73 Å². The number of rotatable bonds is 4. The van der Waals surface area contributed by atoms with Crippen LogP contribution in [0.3, 0.4) is 0 Å². The molecule has 2 aromatic carbocycles. The topological polar surface area (TPSA) is 26.0 Å². The van der Waals surface area contributed by atoms with Gasteiger partial charge >= 0.3 is 0 Å². The zero-order valence-electron chi connectivity index (χ0n) is 10.2. The van der Waals surface area contributed by atoms with Crippen LogP contribution in [0, 0.1) is 0 Å². The molecule has 0 aliphatic heterocycles. The first-order chi connectivity index (χ1) is 8.27. The Bertz CT molecular complexity index is 394. The van der Waals surface area contributed by atoms with Crippen molar-refractivity contribution in [1.29, 1.82) is 0 Å². The van der Waals surface area contributed by atoms with E-state index in [1.807, 2.05) is 0 Å². The molecule has 0 spiro atoms. The predicted octanol–water partition coefficient (Wildman–Crippen LogP) is 3.56. The van der Waals surface area contributed by atoms with E-state index in [0.717, 1.165) is 6.42 Å². The summed E-state index contributed by atoms with van der Waals surface area (Å²) >= 11 is 0. The second kappa shape index (κ2) is 5.65. The van der Waals surface area contributed by atoms with E-state index in [-0.39, 0.29) is 6.04 Å². The lowest BCUT2D eigenvalue weighted by Crippen LogP contribution is -2.19. The highest BCUT2D eigenvalue weighted by molar-refractivity contribution is 5.32. The Morgan fingerprint density at radius 2 is 1.24 bits per heavy atom. The maximum absolute atomic E-state index is 5.97. The minimum atomic E-state index is 0.209. The van der Waals surface area contributed by atoms with Gasteiger partial charge in [0.2, 0.25) is 0 Å². The summed E-state index contributed by atoms with van der Waals surface area (Å²) in [4.78, 5) is 0. The van der Waals surface area contributed by atoms with Crippen molar-refractivity contribution in [2.75, 3.05) is 0 Å². The van der Waals surface area contributed by atoms with Crippen LogP contribution in [0.2, 0.25) is 0 Å². The molecule has 0 bridgehead atoms. The van der Waals surface area contributed by atoms with Gasteiger partial charge in [0.15, 0.2) is 0 Å². The van der Waals surface area contributed by atoms with Crippen LogP contribution in [-0.2, 0) is 0 Å². The maximum Gasteiger partial charge on any atom is 0.0104 e. The molecule has 1 atom stereocenters. The molecule has 0 fully saturated rings. The molecule has 1 nitrogen and oxygen atoms in total. The van der Waals surface area contributed by atoms with Gasteiger partial charge in [0.25, 0.3) is 0 Å². The van der Waals surface area contributed by atoms with Crippen LogP contribution >= 0.6 is 0 Å². The Balaban J connectivity index is 2.32. The second-order valence-electron chi connectivity index (χ2n) is 4.59. The van der Waals surface area contributed by atoms with Gasteiger partial charge in [-0.1, -0.05) is 60.7 Å². The van der Waals surface area contributed by atoms with Crippen LogP contribution in [-0.4, -0.2) is 6.04 Å². The first-order valence-electron chi connectivity index (χ1n) is 6.13. The summed E-state index contributed by atoms with van der Waals surface area (Å²) in [6.45, 7) is 2.07. The van der Waals surface area contributed by atoms with Crippen molar-refractivity contribution in [3.63, 3.8) is 0 Å². The standard InChI is InChI=1S/C16H19N/c1-13(17)12-16(14-8-4-2-5-9-14)15-10-6-3-7-11-15/h2-11,13,16H,12,17H2,1H3. The van der Waals surface area contributed by atoms with Crippen LogP contribution in [0.5, 0.6) is 0 Å². The van der Waals surface area contributed by atoms with Crippen molar-refractivity contribution in [1.82, 2.24) is 0 Å². The molecular weight excluding hydrogens is 206 g/mol. The van der Waals surface area contributed by atoms with Gasteiger partial charge in [0.05, 0.1) is 0 Å². The molecule has 0 saturated heterocycles. The van der Waals surface area contributed by atoms with Crippen molar-refractivity contribution >= 4 is 0 Å². The third-order valence-electron chi connectivity index (χ3n) is 3.01. The molecule has 2 aromatic rings. The van der Waals surface area contributed by atoms with E-state index < -0.39 is 0 Å². The largest absolute Gasteiger partial charge is 0.328 e. The third kappa shape index (κ3) is 3.18. The Labute approximate surface area is 103 Å². The van der Waals surface area contributed by atoms with E-state index >= 15 is 0 Å². The van der Waals surface area contributed by atoms with E-state index in [2.05, 4.69) is 67.6 Å². The molecule has 0 aromatic heterocycles. The van der Waals surface area contributed by atoms with Gasteiger partial charge in [-0.2, -0.15) is 0 Å². The molecule has 1 heteroatoms. The van der Waals surface area contributed by atoms with Crippen LogP contribution in [0.25, 0.3) is 0 Å². The molecule has 0 amide bonds. The summed E-state index contributed by atoms with van der Waals surface area (Å²) < 4.78 is 0. The maximum atomic E-state index is 5.97. The van der Waals surface area contributed by atoms with Crippen LogP contribution in [0.4, 0.5) is 0 Å². The number of nitrogens with two attached hydrogens (primary N) is 1. The van der Waals surface area contributed by atoms with Crippen LogP contribution in [0.15, 0.2) is 60.7 Å². The molecular formula is C16H19N. The van der Waals surface area contributed by atoms with E-state index in [0.29, 0.717) is 5.92 Å². The van der Waals surface area contributed by atoms with Gasteiger partial charge in [-0.15, -0.1) is 0 Å². The molecule has 1 unspecified atom stereocenters. The minimum absolute atomic E-state index is 0.209. The van der Waals surface area contributed by atoms with Gasteiger partial charge < -0.3 is 5.73 Å². The summed E-state index contributed by atoms with van der Waals surface area (Å²) in [6, 6.07) is 21.4. The second-order valence-corrected chi connectivity index (χ2v) is 4.59. The molecule has 0 saturated carbocycles. The highest BCUT2D eigenvalue weighted by Crippen LogP contribution is 2.28. The Hall–Kier alpha value is -1.60. The summed E-state index contributed by atoms with van der Waals surface area (Å²) in [5.41, 5.74) is 8.66. The Morgan fingerprint density at radius 1 is 0.824 bits per heavy atom. The zero-order chi connectivity index (χ0) is 12.1. The first-order valence-corrected chi connectivity index (χ1v) is 6.13. The molecule has 88 valence electrons. The fourth-order valence-electron chi connectivity index (χ4n) is 2.21. The molecule has 17 heavy (non-hydrogen) atoms. The smallest absolute Gasteiger partial charge is 0.0104 e. The molecule has 2 N–H and O–H groups in total. The van der Waals surface area contributed by atoms with Crippen molar-refractivity contribution in [2.45, 2.75) is 25.3 Å². The zero-order valence-corrected chi connectivity index (χ0v) is 10.2. The molecule has 0 radical (unpaired) electrons. The van der Waals surface area contributed by atoms with E-state index in [9.17, 15) is 0 Å². The Morgan fingerprint density at radius 3 is 1.59 bits per heavy atom. The SMILES string of the molecule is CC(N)CC(c1ccccc1)c1ccccc1. The molecule has 0 aliphatic rings. The normalized spacial score (nSPS) is 12.6. The number of hydrogen-bond donors (Lipinski definition) is 1. The van der Waals surface area contributed by atoms with E-state index in [1.165, 1.54) is 11.1 Å². The lowest BCUT2D eigenvalue weighted by Gasteiger charge is -2.20. The monoisotopic (exact) mass is 225 g/mol. The quantitative estimate of drug-likeness (QED) is 0.846. The first kappa shape index (κ1) is 11.9. The molecule has 0 heterocycles. The van der Waals surface area contributed by atoms with E-state index in [4.69, 9.17) is 5.73 Å². The fraction of sp³-hybridized carbons (Fsp3) is 0.250. The number of benzene rings is 2. The van der Waals surface area contributed by atoms with Gasteiger partial charge in [0.1, 0.15) is 0 Å². The number of hydrogen-bond acceptors (Lipinski definition) is 1. The lowest BCUT2D eigenvalue weighted by atomic mass is 9.86. The summed E-state index contributed by atoms with van der Waals surface area (Å²) in [5, 5.41) is 0. The average Bonchev–Trinajstić information content (AvgIpc) is 2.38. The summed E-state index contributed by atoms with van der Waals surface area (Å²) in [5.74, 6) is 0.400. The molecule has 2 rings (SSSR count). The average molecular weight is 225 g/mol. The minimum Gasteiger partial charge on any atom is -0.328 e. The third-order valence-corrected chi connectivity index (χ3v) is 3.01. The van der Waals surface area contributed by atoms with Crippen molar-refractivity contribution in [3.8, 4) is 0 Å². The van der Waals surface area contributed by atoms with Gasteiger partial charge in [-0.3, -0.25) is 0 Å². The van der Waals surface area contributed by atoms with Crippen LogP contribution in [0.1, 0.15) is 30.4 Å². The summed E-state index contributed by atoms with van der Waals surface area (Å²) in [6.07, 6.45) is 0.980. The van der Waals surface area contributed by atoms with Gasteiger partial charge in [0, 0.05) is 12.0 Å². The summed E-state index contributed by atoms with van der Waals surface area (Å²) in [7, 11) is 0. The highest BCUT2D eigenvalue weighted by atomic mass is 14.6. The van der Waals surface area contributed by atoms with Crippen molar-refractivity contribution in [3.05, 3.63) is 71.8 Å². The van der Waals surface area contributed by atoms with Crippen molar-refractivity contribution in [2.24, 2.45) is 5.73 Å². The van der Waals surface area contributed by atoms with Gasteiger partial charge in [-0.25, -0.2) is 0 Å². The lowest BCUT2D eigenvalue weighted by molar-refractivity contribution is 0.608. The predicted molar refractivity (Wildman–Crippen MR) is 73.0 cm³/mol. The molecule has 0 aliphatic carbocycles. The van der Waals surface area contributed by atoms with Gasteiger partial charge in [-0.05, 0) is 24.5 Å². The van der Waals surface area contributed by atoms with Crippen molar-refractivity contribution < 1.29 is 0 Å². The fourth-order valence-corrected chi connectivity index (χ4v) is 2.21. The Kier molecular flexibility index (Phi) is 3.94.